The van der Waals surface area contributed by atoms with Crippen molar-refractivity contribution in [1.29, 1.82) is 5.26 Å². The molecule has 0 aliphatic heterocycles. The van der Waals surface area contributed by atoms with Crippen LogP contribution in [0.25, 0.3) is 0 Å². The molecular weight excluding hydrogens is 232 g/mol. The molecule has 0 saturated heterocycles. The van der Waals surface area contributed by atoms with Gasteiger partial charge in [0.05, 0.1) is 4.92 Å². The molecule has 1 N–H and O–H groups in total. The first kappa shape index (κ1) is 13.9. The number of pyridine rings is 1. The Morgan fingerprint density at radius 1 is 1.56 bits per heavy atom. The minimum absolute atomic E-state index is 0.0126. The molecule has 0 aliphatic carbocycles. The summed E-state index contributed by atoms with van der Waals surface area (Å²) >= 11 is 0. The van der Waals surface area contributed by atoms with E-state index in [1.54, 1.807) is 0 Å². The first-order valence-corrected chi connectivity index (χ1v) is 5.57. The van der Waals surface area contributed by atoms with Crippen LogP contribution in [0, 0.1) is 26.9 Å². The number of hydrogen-bond donors (Lipinski definition) is 1. The van der Waals surface area contributed by atoms with Gasteiger partial charge in [-0.3, -0.25) is 10.1 Å². The molecule has 6 nitrogen and oxygen atoms in total. The van der Waals surface area contributed by atoms with Gasteiger partial charge in [-0.2, -0.15) is 5.26 Å². The van der Waals surface area contributed by atoms with E-state index < -0.39 is 4.92 Å². The molecule has 1 aromatic heterocycles. The lowest BCUT2D eigenvalue weighted by Gasteiger charge is -2.28. The Kier molecular flexibility index (Phi) is 3.86. The second-order valence-corrected chi connectivity index (χ2v) is 5.16. The number of aromatic nitrogens is 1. The molecule has 1 rings (SSSR count). The van der Waals surface area contributed by atoms with Crippen molar-refractivity contribution >= 4 is 11.5 Å². The maximum Gasteiger partial charge on any atom is 0.328 e. The van der Waals surface area contributed by atoms with Crippen LogP contribution in [0.5, 0.6) is 0 Å². The molecule has 6 heteroatoms. The van der Waals surface area contributed by atoms with Crippen molar-refractivity contribution in [2.75, 3.05) is 5.32 Å². The molecule has 0 bridgehead atoms. The van der Waals surface area contributed by atoms with Crippen molar-refractivity contribution in [2.24, 2.45) is 5.41 Å². The molecule has 1 atom stereocenters. The number of hydrogen-bond acceptors (Lipinski definition) is 5. The molecule has 96 valence electrons. The van der Waals surface area contributed by atoms with Crippen LogP contribution in [0.1, 0.15) is 33.3 Å². The second-order valence-electron chi connectivity index (χ2n) is 5.16. The Morgan fingerprint density at radius 2 is 2.17 bits per heavy atom. The largest absolute Gasteiger partial charge is 0.361 e. The summed E-state index contributed by atoms with van der Waals surface area (Å²) in [6, 6.07) is 3.13. The standard InChI is InChI=1S/C12H16N4O2/c1-8(12(2,3)4)15-11-10(16(17)18)9(7-13)5-6-14-11/h5-6,8H,1-4H3,(H,14,15). The average Bonchev–Trinajstić information content (AvgIpc) is 2.26. The summed E-state index contributed by atoms with van der Waals surface area (Å²) in [5.41, 5.74) is -0.326. The van der Waals surface area contributed by atoms with E-state index in [1.165, 1.54) is 12.3 Å². The normalized spacial score (nSPS) is 12.6. The molecule has 0 aliphatic rings. The van der Waals surface area contributed by atoms with E-state index in [2.05, 4.69) is 10.3 Å². The van der Waals surface area contributed by atoms with Crippen LogP contribution in [-0.2, 0) is 0 Å². The number of anilines is 1. The van der Waals surface area contributed by atoms with Gasteiger partial charge >= 0.3 is 5.69 Å². The highest BCUT2D eigenvalue weighted by Gasteiger charge is 2.26. The van der Waals surface area contributed by atoms with E-state index in [4.69, 9.17) is 5.26 Å². The highest BCUT2D eigenvalue weighted by Crippen LogP contribution is 2.29. The molecule has 0 aromatic carbocycles. The van der Waals surface area contributed by atoms with Crippen LogP contribution < -0.4 is 5.32 Å². The zero-order chi connectivity index (χ0) is 13.9. The van der Waals surface area contributed by atoms with Crippen molar-refractivity contribution in [3.05, 3.63) is 27.9 Å². The Balaban J connectivity index is 3.18. The van der Waals surface area contributed by atoms with Gasteiger partial charge in [-0.1, -0.05) is 20.8 Å². The minimum atomic E-state index is -0.580. The third kappa shape index (κ3) is 2.94. The van der Waals surface area contributed by atoms with E-state index in [0.717, 1.165) is 0 Å². The number of nitro groups is 1. The van der Waals surface area contributed by atoms with Gasteiger partial charge in [0.1, 0.15) is 11.6 Å². The third-order valence-corrected chi connectivity index (χ3v) is 2.88. The molecule has 1 unspecified atom stereocenters. The predicted molar refractivity (Wildman–Crippen MR) is 68.1 cm³/mol. The van der Waals surface area contributed by atoms with Crippen molar-refractivity contribution in [2.45, 2.75) is 33.7 Å². The van der Waals surface area contributed by atoms with Gasteiger partial charge in [-0.15, -0.1) is 0 Å². The first-order valence-electron chi connectivity index (χ1n) is 5.57. The zero-order valence-electron chi connectivity index (χ0n) is 10.9. The smallest absolute Gasteiger partial charge is 0.328 e. The van der Waals surface area contributed by atoms with Crippen LogP contribution in [0.2, 0.25) is 0 Å². The molecule has 0 radical (unpaired) electrons. The molecule has 0 saturated carbocycles. The summed E-state index contributed by atoms with van der Waals surface area (Å²) in [7, 11) is 0. The van der Waals surface area contributed by atoms with Gasteiger partial charge in [0.25, 0.3) is 0 Å². The SMILES string of the molecule is CC(Nc1nccc(C#N)c1[N+](=O)[O-])C(C)(C)C. The average molecular weight is 248 g/mol. The monoisotopic (exact) mass is 248 g/mol. The van der Waals surface area contributed by atoms with Crippen LogP contribution in [0.15, 0.2) is 12.3 Å². The summed E-state index contributed by atoms with van der Waals surface area (Å²) < 4.78 is 0. The first-order chi connectivity index (χ1) is 8.27. The molecule has 18 heavy (non-hydrogen) atoms. The van der Waals surface area contributed by atoms with Crippen LogP contribution >= 0.6 is 0 Å². The fraction of sp³-hybridized carbons (Fsp3) is 0.500. The highest BCUT2D eigenvalue weighted by atomic mass is 16.6. The van der Waals surface area contributed by atoms with Gasteiger partial charge in [0.2, 0.25) is 5.82 Å². The fourth-order valence-electron chi connectivity index (χ4n) is 1.26. The number of nitrogens with one attached hydrogen (secondary N) is 1. The van der Waals surface area contributed by atoms with Crippen molar-refractivity contribution in [1.82, 2.24) is 4.98 Å². The maximum atomic E-state index is 11.0. The van der Waals surface area contributed by atoms with E-state index in [9.17, 15) is 10.1 Å². The molecule has 0 amide bonds. The van der Waals surface area contributed by atoms with Crippen molar-refractivity contribution in [3.63, 3.8) is 0 Å². The summed E-state index contributed by atoms with van der Waals surface area (Å²) in [4.78, 5) is 14.4. The zero-order valence-corrected chi connectivity index (χ0v) is 10.9. The third-order valence-electron chi connectivity index (χ3n) is 2.88. The van der Waals surface area contributed by atoms with E-state index in [0.29, 0.717) is 0 Å². The minimum Gasteiger partial charge on any atom is -0.361 e. The topological polar surface area (TPSA) is 91.8 Å². The van der Waals surface area contributed by atoms with Crippen molar-refractivity contribution < 1.29 is 4.92 Å². The maximum absolute atomic E-state index is 11.0. The van der Waals surface area contributed by atoms with Gasteiger partial charge < -0.3 is 5.32 Å². The quantitative estimate of drug-likeness (QED) is 0.655. The summed E-state index contributed by atoms with van der Waals surface area (Å²) in [6.45, 7) is 7.98. The lowest BCUT2D eigenvalue weighted by molar-refractivity contribution is -0.384. The Morgan fingerprint density at radius 3 is 2.61 bits per heavy atom. The molecular formula is C12H16N4O2. The van der Waals surface area contributed by atoms with Crippen LogP contribution in [0.4, 0.5) is 11.5 Å². The van der Waals surface area contributed by atoms with Gasteiger partial charge in [-0.05, 0) is 18.4 Å². The van der Waals surface area contributed by atoms with E-state index in [1.807, 2.05) is 33.8 Å². The van der Waals surface area contributed by atoms with Crippen LogP contribution in [0.3, 0.4) is 0 Å². The van der Waals surface area contributed by atoms with E-state index in [-0.39, 0.29) is 28.5 Å². The lowest BCUT2D eigenvalue weighted by atomic mass is 9.88. The summed E-state index contributed by atoms with van der Waals surface area (Å²) in [6.07, 6.45) is 1.39. The van der Waals surface area contributed by atoms with Crippen LogP contribution in [-0.4, -0.2) is 15.9 Å². The summed E-state index contributed by atoms with van der Waals surface area (Å²) in [5, 5.41) is 22.9. The van der Waals surface area contributed by atoms with Gasteiger partial charge in [-0.25, -0.2) is 4.98 Å². The summed E-state index contributed by atoms with van der Waals surface area (Å²) in [5.74, 6) is 0.140. The Hall–Kier alpha value is -2.16. The Bertz CT molecular complexity index is 500. The lowest BCUT2D eigenvalue weighted by Crippen LogP contribution is -2.31. The fourth-order valence-corrected chi connectivity index (χ4v) is 1.26. The Labute approximate surface area is 106 Å². The predicted octanol–water partition coefficient (Wildman–Crippen LogP) is 2.71. The molecule has 1 heterocycles. The number of nitriles is 1. The molecule has 0 spiro atoms. The van der Waals surface area contributed by atoms with Gasteiger partial charge in [0.15, 0.2) is 0 Å². The second kappa shape index (κ2) is 5.00. The molecule has 1 aromatic rings. The highest BCUT2D eigenvalue weighted by molar-refractivity contribution is 5.64. The van der Waals surface area contributed by atoms with E-state index >= 15 is 0 Å². The number of rotatable bonds is 3. The van der Waals surface area contributed by atoms with Crippen molar-refractivity contribution in [3.8, 4) is 6.07 Å². The number of nitrogens with zero attached hydrogens (tertiary/aromatic N) is 3. The molecule has 0 fully saturated rings. The van der Waals surface area contributed by atoms with Gasteiger partial charge in [0, 0.05) is 12.2 Å².